The van der Waals surface area contributed by atoms with Crippen molar-refractivity contribution in [3.05, 3.63) is 87.1 Å². The summed E-state index contributed by atoms with van der Waals surface area (Å²) in [6, 6.07) is 15.6. The van der Waals surface area contributed by atoms with Crippen molar-refractivity contribution in [1.82, 2.24) is 5.43 Å². The molecule has 0 aliphatic rings. The quantitative estimate of drug-likeness (QED) is 0.256. The number of methoxy groups -OCH3 is 1. The lowest BCUT2D eigenvalue weighted by Crippen LogP contribution is -2.32. The van der Waals surface area contributed by atoms with Crippen LogP contribution in [0.5, 0.6) is 11.5 Å². The highest BCUT2D eigenvalue weighted by atomic mass is 79.9. The van der Waals surface area contributed by atoms with Gasteiger partial charge in [0.05, 0.1) is 17.8 Å². The maximum Gasteiger partial charge on any atom is 0.329 e. The second-order valence-corrected chi connectivity index (χ2v) is 7.90. The molecule has 3 aromatic rings. The number of benzene rings is 3. The number of ether oxygens (including phenoxy) is 2. The second kappa shape index (κ2) is 11.4. The van der Waals surface area contributed by atoms with E-state index in [1.807, 2.05) is 0 Å². The van der Waals surface area contributed by atoms with E-state index in [1.54, 1.807) is 48.5 Å². The Hall–Kier alpha value is -3.43. The number of rotatable bonds is 7. The maximum absolute atomic E-state index is 13.1. The van der Waals surface area contributed by atoms with Gasteiger partial charge in [0.1, 0.15) is 12.4 Å². The second-order valence-electron chi connectivity index (χ2n) is 6.61. The van der Waals surface area contributed by atoms with Crippen molar-refractivity contribution in [1.29, 1.82) is 0 Å². The summed E-state index contributed by atoms with van der Waals surface area (Å²) in [6.07, 6.45) is 1.35. The number of amides is 2. The lowest BCUT2D eigenvalue weighted by atomic mass is 10.2. The van der Waals surface area contributed by atoms with Crippen LogP contribution in [0.25, 0.3) is 0 Å². The van der Waals surface area contributed by atoms with Crippen LogP contribution in [0.3, 0.4) is 0 Å². The number of anilines is 1. The number of hydrazone groups is 1. The molecule has 7 nitrogen and oxygen atoms in total. The van der Waals surface area contributed by atoms with E-state index >= 15 is 0 Å². The molecule has 2 amide bonds. The van der Waals surface area contributed by atoms with Gasteiger partial charge in [-0.3, -0.25) is 9.59 Å². The van der Waals surface area contributed by atoms with E-state index in [9.17, 15) is 14.0 Å². The molecular formula is C23H18BrClFN3O4. The minimum atomic E-state index is -0.938. The Morgan fingerprint density at radius 3 is 2.45 bits per heavy atom. The lowest BCUT2D eigenvalue weighted by molar-refractivity contribution is -0.136. The molecule has 0 radical (unpaired) electrons. The molecule has 0 aliphatic heterocycles. The third-order valence-electron chi connectivity index (χ3n) is 4.24. The molecule has 0 saturated carbocycles. The smallest absolute Gasteiger partial charge is 0.329 e. The van der Waals surface area contributed by atoms with Crippen LogP contribution in [0.1, 0.15) is 11.1 Å². The molecule has 0 saturated heterocycles. The van der Waals surface area contributed by atoms with Crippen LogP contribution >= 0.6 is 27.5 Å². The number of hydrogen-bond donors (Lipinski definition) is 2. The van der Waals surface area contributed by atoms with Crippen molar-refractivity contribution in [2.45, 2.75) is 6.61 Å². The van der Waals surface area contributed by atoms with E-state index in [2.05, 4.69) is 31.8 Å². The molecule has 3 rings (SSSR count). The van der Waals surface area contributed by atoms with E-state index in [1.165, 1.54) is 25.5 Å². The molecule has 0 unspecified atom stereocenters. The van der Waals surface area contributed by atoms with E-state index in [4.69, 9.17) is 21.1 Å². The zero-order valence-electron chi connectivity index (χ0n) is 17.3. The van der Waals surface area contributed by atoms with Gasteiger partial charge in [0, 0.05) is 10.7 Å². The molecule has 3 aromatic carbocycles. The average molecular weight is 535 g/mol. The van der Waals surface area contributed by atoms with Crippen LogP contribution < -0.4 is 20.2 Å². The molecule has 33 heavy (non-hydrogen) atoms. The van der Waals surface area contributed by atoms with Crippen molar-refractivity contribution in [3.63, 3.8) is 0 Å². The minimum absolute atomic E-state index is 0.210. The molecule has 0 aromatic heterocycles. The van der Waals surface area contributed by atoms with Crippen LogP contribution in [0.15, 0.2) is 70.2 Å². The fourth-order valence-corrected chi connectivity index (χ4v) is 3.33. The van der Waals surface area contributed by atoms with Crippen LogP contribution in [0.4, 0.5) is 10.1 Å². The normalized spacial score (nSPS) is 10.7. The Balaban J connectivity index is 1.61. The maximum atomic E-state index is 13.1. The number of hydrogen-bond acceptors (Lipinski definition) is 5. The van der Waals surface area contributed by atoms with E-state index in [0.29, 0.717) is 32.2 Å². The first-order chi connectivity index (χ1) is 15.9. The number of carbonyl (C=O) groups is 2. The minimum Gasteiger partial charge on any atom is -0.493 e. The third kappa shape index (κ3) is 7.03. The first-order valence-corrected chi connectivity index (χ1v) is 10.7. The van der Waals surface area contributed by atoms with Crippen molar-refractivity contribution < 1.29 is 23.5 Å². The summed E-state index contributed by atoms with van der Waals surface area (Å²) in [6.45, 7) is 0.210. The topological polar surface area (TPSA) is 89.0 Å². The lowest BCUT2D eigenvalue weighted by Gasteiger charge is -2.13. The Kier molecular flexibility index (Phi) is 8.39. The van der Waals surface area contributed by atoms with E-state index < -0.39 is 11.8 Å². The van der Waals surface area contributed by atoms with Gasteiger partial charge in [-0.25, -0.2) is 9.82 Å². The molecule has 0 spiro atoms. The number of nitrogens with one attached hydrogen (secondary N) is 2. The summed E-state index contributed by atoms with van der Waals surface area (Å²) in [5, 5.41) is 6.75. The molecule has 0 bridgehead atoms. The SMILES string of the molecule is COc1cc(/C=N/NC(=O)C(=O)Nc2ccc(Cl)cc2)cc(Br)c1OCc1ccc(F)cc1. The molecule has 10 heteroatoms. The van der Waals surface area contributed by atoms with Gasteiger partial charge in [-0.1, -0.05) is 23.7 Å². The monoisotopic (exact) mass is 533 g/mol. The van der Waals surface area contributed by atoms with Gasteiger partial charge in [0.15, 0.2) is 11.5 Å². The van der Waals surface area contributed by atoms with Gasteiger partial charge in [-0.05, 0) is 75.6 Å². The first-order valence-electron chi connectivity index (χ1n) is 9.50. The molecule has 0 aliphatic carbocycles. The average Bonchev–Trinajstić information content (AvgIpc) is 2.80. The van der Waals surface area contributed by atoms with E-state index in [0.717, 1.165) is 5.56 Å². The predicted molar refractivity (Wildman–Crippen MR) is 127 cm³/mol. The van der Waals surface area contributed by atoms with Gasteiger partial charge >= 0.3 is 11.8 Å². The van der Waals surface area contributed by atoms with Gasteiger partial charge in [0.25, 0.3) is 0 Å². The van der Waals surface area contributed by atoms with Crippen molar-refractivity contribution in [2.75, 3.05) is 12.4 Å². The number of nitrogens with zero attached hydrogens (tertiary/aromatic N) is 1. The van der Waals surface area contributed by atoms with Gasteiger partial charge in [0.2, 0.25) is 0 Å². The molecule has 2 N–H and O–H groups in total. The van der Waals surface area contributed by atoms with Crippen LogP contribution in [-0.4, -0.2) is 25.1 Å². The van der Waals surface area contributed by atoms with Gasteiger partial charge < -0.3 is 14.8 Å². The largest absolute Gasteiger partial charge is 0.493 e. The van der Waals surface area contributed by atoms with Crippen LogP contribution in [0, 0.1) is 5.82 Å². The van der Waals surface area contributed by atoms with Crippen molar-refractivity contribution in [3.8, 4) is 11.5 Å². The summed E-state index contributed by atoms with van der Waals surface area (Å²) >= 11 is 9.21. The zero-order valence-corrected chi connectivity index (χ0v) is 19.6. The van der Waals surface area contributed by atoms with Gasteiger partial charge in [-0.15, -0.1) is 0 Å². The first kappa shape index (κ1) is 24.2. The molecule has 0 atom stereocenters. The number of halogens is 3. The standard InChI is InChI=1S/C23H18BrClFN3O4/c1-32-20-11-15(10-19(24)21(20)33-13-14-2-6-17(26)7-3-14)12-27-29-23(31)22(30)28-18-8-4-16(25)5-9-18/h2-12H,13H2,1H3,(H,28,30)(H,29,31)/b27-12+. The summed E-state index contributed by atoms with van der Waals surface area (Å²) in [4.78, 5) is 23.9. The Morgan fingerprint density at radius 1 is 1.09 bits per heavy atom. The van der Waals surface area contributed by atoms with Gasteiger partial charge in [-0.2, -0.15) is 5.10 Å². The number of carbonyl (C=O) groups excluding carboxylic acids is 2. The summed E-state index contributed by atoms with van der Waals surface area (Å²) in [7, 11) is 1.48. The van der Waals surface area contributed by atoms with Crippen LogP contribution in [0.2, 0.25) is 5.02 Å². The van der Waals surface area contributed by atoms with Crippen LogP contribution in [-0.2, 0) is 16.2 Å². The summed E-state index contributed by atoms with van der Waals surface area (Å²) in [5.74, 6) is -1.27. The van der Waals surface area contributed by atoms with E-state index in [-0.39, 0.29) is 12.4 Å². The van der Waals surface area contributed by atoms with Crippen molar-refractivity contribution >= 4 is 51.2 Å². The Morgan fingerprint density at radius 2 is 1.79 bits per heavy atom. The predicted octanol–water partition coefficient (Wildman–Crippen LogP) is 4.92. The van der Waals surface area contributed by atoms with Crippen molar-refractivity contribution in [2.24, 2.45) is 5.10 Å². The third-order valence-corrected chi connectivity index (χ3v) is 5.08. The Labute approximate surface area is 202 Å². The highest BCUT2D eigenvalue weighted by Gasteiger charge is 2.14. The highest BCUT2D eigenvalue weighted by molar-refractivity contribution is 9.10. The highest BCUT2D eigenvalue weighted by Crippen LogP contribution is 2.36. The molecule has 170 valence electrons. The molecule has 0 heterocycles. The molecule has 0 fully saturated rings. The zero-order chi connectivity index (χ0) is 23.8. The summed E-state index contributed by atoms with van der Waals surface area (Å²) in [5.41, 5.74) is 3.95. The molecular weight excluding hydrogens is 517 g/mol. The fourth-order valence-electron chi connectivity index (χ4n) is 2.63. The summed E-state index contributed by atoms with van der Waals surface area (Å²) < 4.78 is 24.8. The Bertz CT molecular complexity index is 1170. The fraction of sp³-hybridized carbons (Fsp3) is 0.0870.